The van der Waals surface area contributed by atoms with Gasteiger partial charge >= 0.3 is 0 Å². The Kier molecular flexibility index (Phi) is 8.56. The summed E-state index contributed by atoms with van der Waals surface area (Å²) >= 11 is 2.01. The highest BCUT2D eigenvalue weighted by atomic mass is 127. The summed E-state index contributed by atoms with van der Waals surface area (Å²) in [6, 6.07) is 11.2. The van der Waals surface area contributed by atoms with Crippen molar-refractivity contribution in [3.8, 4) is 17.2 Å². The fraction of sp³-hybridized carbons (Fsp3) is 0.333. The Morgan fingerprint density at radius 1 is 1.25 bits per heavy atom. The second kappa shape index (κ2) is 10.9. The Hall–Kier alpha value is -2.29. The minimum Gasteiger partial charge on any atom is -0.504 e. The minimum atomic E-state index is -0.360. The molecule has 0 radical (unpaired) electrons. The van der Waals surface area contributed by atoms with Crippen molar-refractivity contribution in [2.45, 2.75) is 33.1 Å². The third-order valence-electron chi connectivity index (χ3n) is 4.18. The van der Waals surface area contributed by atoms with Crippen LogP contribution in [0.4, 0.5) is 0 Å². The first-order chi connectivity index (χ1) is 13.4. The monoisotopic (exact) mass is 496 g/mol. The normalized spacial score (nSPS) is 12.0. The third-order valence-corrected chi connectivity index (χ3v) is 5.01. The molecule has 0 saturated carbocycles. The van der Waals surface area contributed by atoms with E-state index in [1.54, 1.807) is 12.1 Å². The van der Waals surface area contributed by atoms with Gasteiger partial charge in [0.05, 0.1) is 16.4 Å². The number of halogens is 1. The molecule has 0 heterocycles. The lowest BCUT2D eigenvalue weighted by atomic mass is 9.99. The number of hydrazone groups is 1. The Labute approximate surface area is 179 Å². The average Bonchev–Trinajstić information content (AvgIpc) is 2.70. The van der Waals surface area contributed by atoms with Crippen molar-refractivity contribution in [2.75, 3.05) is 13.2 Å². The fourth-order valence-corrected chi connectivity index (χ4v) is 3.05. The van der Waals surface area contributed by atoms with Crippen LogP contribution in [0.25, 0.3) is 0 Å². The predicted molar refractivity (Wildman–Crippen MR) is 118 cm³/mol. The maximum Gasteiger partial charge on any atom is 0.277 e. The molecule has 7 heteroatoms. The summed E-state index contributed by atoms with van der Waals surface area (Å²) in [7, 11) is 0. The van der Waals surface area contributed by atoms with Crippen LogP contribution in [-0.4, -0.2) is 30.4 Å². The van der Waals surface area contributed by atoms with Crippen molar-refractivity contribution in [3.63, 3.8) is 0 Å². The maximum atomic E-state index is 11.9. The van der Waals surface area contributed by atoms with Gasteiger partial charge in [-0.3, -0.25) is 4.79 Å². The van der Waals surface area contributed by atoms with Gasteiger partial charge in [0, 0.05) is 0 Å². The van der Waals surface area contributed by atoms with E-state index in [0.717, 1.165) is 6.42 Å². The number of ether oxygens (including phenoxy) is 2. The van der Waals surface area contributed by atoms with Crippen LogP contribution >= 0.6 is 22.6 Å². The standard InChI is InChI=1S/C21H25IN2O4/c1-4-14(3)16-6-8-17(9-7-16)28-13-20(25)24-23-12-15-10-18(22)21(26)19(11-15)27-5-2/h6-12,14,26H,4-5,13H2,1-3H3,(H,24,25)/b23-12+/t14-/m0/s1. The van der Waals surface area contributed by atoms with Crippen molar-refractivity contribution in [3.05, 3.63) is 51.1 Å². The quantitative estimate of drug-likeness (QED) is 0.306. The Bertz CT molecular complexity index is 822. The molecule has 0 fully saturated rings. The van der Waals surface area contributed by atoms with Crippen molar-refractivity contribution in [1.82, 2.24) is 5.43 Å². The van der Waals surface area contributed by atoms with Crippen LogP contribution in [0.3, 0.4) is 0 Å². The molecule has 0 aliphatic rings. The number of hydrogen-bond donors (Lipinski definition) is 2. The first kappa shape index (κ1) is 22.0. The molecule has 150 valence electrons. The van der Waals surface area contributed by atoms with Crippen LogP contribution in [0.1, 0.15) is 44.2 Å². The van der Waals surface area contributed by atoms with E-state index in [1.807, 2.05) is 53.8 Å². The Balaban J connectivity index is 1.87. The van der Waals surface area contributed by atoms with Crippen LogP contribution in [0.15, 0.2) is 41.5 Å². The summed E-state index contributed by atoms with van der Waals surface area (Å²) in [5.74, 6) is 1.25. The van der Waals surface area contributed by atoms with E-state index >= 15 is 0 Å². The van der Waals surface area contributed by atoms with Gasteiger partial charge in [-0.2, -0.15) is 5.10 Å². The molecule has 0 aliphatic heterocycles. The fourth-order valence-electron chi connectivity index (χ4n) is 2.42. The topological polar surface area (TPSA) is 80.2 Å². The number of nitrogens with zero attached hydrogens (tertiary/aromatic N) is 1. The van der Waals surface area contributed by atoms with E-state index < -0.39 is 0 Å². The average molecular weight is 496 g/mol. The summed E-state index contributed by atoms with van der Waals surface area (Å²) in [5.41, 5.74) is 4.38. The van der Waals surface area contributed by atoms with E-state index in [2.05, 4.69) is 24.4 Å². The molecule has 2 N–H and O–H groups in total. The highest BCUT2D eigenvalue weighted by molar-refractivity contribution is 14.1. The molecule has 0 aliphatic carbocycles. The number of carbonyl (C=O) groups is 1. The molecule has 28 heavy (non-hydrogen) atoms. The van der Waals surface area contributed by atoms with Gasteiger partial charge in [0.1, 0.15) is 5.75 Å². The van der Waals surface area contributed by atoms with Crippen molar-refractivity contribution in [2.24, 2.45) is 5.10 Å². The molecule has 1 amide bonds. The zero-order valence-electron chi connectivity index (χ0n) is 16.2. The second-order valence-corrected chi connectivity index (χ2v) is 7.40. The summed E-state index contributed by atoms with van der Waals surface area (Å²) in [6.45, 7) is 6.48. The number of benzene rings is 2. The molecule has 0 aromatic heterocycles. The summed E-state index contributed by atoms with van der Waals surface area (Å²) in [4.78, 5) is 11.9. The van der Waals surface area contributed by atoms with Gasteiger partial charge in [0.25, 0.3) is 5.91 Å². The number of carbonyl (C=O) groups excluding carboxylic acids is 1. The van der Waals surface area contributed by atoms with Gasteiger partial charge in [0.15, 0.2) is 18.1 Å². The smallest absolute Gasteiger partial charge is 0.277 e. The van der Waals surface area contributed by atoms with Crippen LogP contribution in [0.2, 0.25) is 0 Å². The van der Waals surface area contributed by atoms with E-state index in [9.17, 15) is 9.90 Å². The van der Waals surface area contributed by atoms with Gasteiger partial charge in [0.2, 0.25) is 0 Å². The predicted octanol–water partition coefficient (Wildman–Crippen LogP) is 4.44. The van der Waals surface area contributed by atoms with Crippen LogP contribution in [-0.2, 0) is 4.79 Å². The molecule has 0 saturated heterocycles. The Morgan fingerprint density at radius 2 is 1.96 bits per heavy atom. The largest absolute Gasteiger partial charge is 0.504 e. The van der Waals surface area contributed by atoms with Crippen LogP contribution in [0.5, 0.6) is 17.2 Å². The molecule has 1 atom stereocenters. The van der Waals surface area contributed by atoms with Crippen molar-refractivity contribution < 1.29 is 19.4 Å². The van der Waals surface area contributed by atoms with Gasteiger partial charge < -0.3 is 14.6 Å². The molecule has 0 spiro atoms. The maximum absolute atomic E-state index is 11.9. The van der Waals surface area contributed by atoms with Gasteiger partial charge in [-0.1, -0.05) is 26.0 Å². The first-order valence-corrected chi connectivity index (χ1v) is 10.2. The van der Waals surface area contributed by atoms with Gasteiger partial charge in [-0.25, -0.2) is 5.43 Å². The molecule has 0 unspecified atom stereocenters. The van der Waals surface area contributed by atoms with E-state index in [0.29, 0.717) is 33.2 Å². The lowest BCUT2D eigenvalue weighted by molar-refractivity contribution is -0.123. The van der Waals surface area contributed by atoms with Crippen molar-refractivity contribution >= 4 is 34.7 Å². The minimum absolute atomic E-state index is 0.0939. The zero-order chi connectivity index (χ0) is 20.5. The number of phenols is 1. The van der Waals surface area contributed by atoms with E-state index in [1.165, 1.54) is 11.8 Å². The zero-order valence-corrected chi connectivity index (χ0v) is 18.4. The Morgan fingerprint density at radius 3 is 2.61 bits per heavy atom. The summed E-state index contributed by atoms with van der Waals surface area (Å²) in [5, 5.41) is 13.9. The number of rotatable bonds is 9. The van der Waals surface area contributed by atoms with Gasteiger partial charge in [-0.05, 0) is 77.2 Å². The van der Waals surface area contributed by atoms with E-state index in [4.69, 9.17) is 9.47 Å². The molecular formula is C21H25IN2O4. The summed E-state index contributed by atoms with van der Waals surface area (Å²) in [6.07, 6.45) is 2.57. The molecule has 0 bridgehead atoms. The van der Waals surface area contributed by atoms with Crippen molar-refractivity contribution in [1.29, 1.82) is 0 Å². The molecule has 6 nitrogen and oxygen atoms in total. The number of hydrogen-bond acceptors (Lipinski definition) is 5. The lowest BCUT2D eigenvalue weighted by Crippen LogP contribution is -2.24. The molecule has 2 aromatic rings. The van der Waals surface area contributed by atoms with Gasteiger partial charge in [-0.15, -0.1) is 0 Å². The number of phenolic OH excluding ortho intramolecular Hbond substituents is 1. The first-order valence-electron chi connectivity index (χ1n) is 9.14. The highest BCUT2D eigenvalue weighted by Gasteiger charge is 2.08. The lowest BCUT2D eigenvalue weighted by Gasteiger charge is -2.10. The number of nitrogens with one attached hydrogen (secondary N) is 1. The SMILES string of the molecule is CCOc1cc(/C=N/NC(=O)COc2ccc([C@@H](C)CC)cc2)cc(I)c1O. The molecule has 2 aromatic carbocycles. The second-order valence-electron chi connectivity index (χ2n) is 6.24. The highest BCUT2D eigenvalue weighted by Crippen LogP contribution is 2.32. The van der Waals surface area contributed by atoms with Crippen LogP contribution in [0, 0.1) is 3.57 Å². The summed E-state index contributed by atoms with van der Waals surface area (Å²) < 4.78 is 11.5. The van der Waals surface area contributed by atoms with E-state index in [-0.39, 0.29) is 18.3 Å². The van der Waals surface area contributed by atoms with Crippen LogP contribution < -0.4 is 14.9 Å². The number of aromatic hydroxyl groups is 1. The third kappa shape index (κ3) is 6.40. The molecule has 2 rings (SSSR count). The molecular weight excluding hydrogens is 471 g/mol. The number of amides is 1.